The second-order valence-corrected chi connectivity index (χ2v) is 10.0. The van der Waals surface area contributed by atoms with Crippen molar-refractivity contribution in [3.8, 4) is 11.5 Å². The quantitative estimate of drug-likeness (QED) is 0.575. The highest BCUT2D eigenvalue weighted by Crippen LogP contribution is 2.33. The third-order valence-corrected chi connectivity index (χ3v) is 7.37. The lowest BCUT2D eigenvalue weighted by atomic mass is 10.2. The SMILES string of the molecule is COc1ccc(N(C)S(=O)(=O)c2ccc(OC)c(N3CCN(C(=O)C=C(C)C)CC3)c2)cc1. The predicted octanol–water partition coefficient (Wildman–Crippen LogP) is 3.14. The molecule has 0 spiro atoms. The number of anilines is 2. The number of sulfonamides is 1. The summed E-state index contributed by atoms with van der Waals surface area (Å²) < 4.78 is 38.6. The monoisotopic (exact) mass is 473 g/mol. The lowest BCUT2D eigenvalue weighted by Crippen LogP contribution is -2.48. The van der Waals surface area contributed by atoms with Crippen molar-refractivity contribution in [1.82, 2.24) is 4.90 Å². The number of ether oxygens (including phenoxy) is 2. The Labute approximate surface area is 196 Å². The number of benzene rings is 2. The highest BCUT2D eigenvalue weighted by molar-refractivity contribution is 7.92. The summed E-state index contributed by atoms with van der Waals surface area (Å²) in [5.74, 6) is 1.24. The number of piperazine rings is 1. The fraction of sp³-hybridized carbons (Fsp3) is 0.375. The van der Waals surface area contributed by atoms with Gasteiger partial charge in [0.05, 0.1) is 30.5 Å². The first kappa shape index (κ1) is 24.4. The molecule has 0 radical (unpaired) electrons. The highest BCUT2D eigenvalue weighted by Gasteiger charge is 2.26. The number of allylic oxidation sites excluding steroid dienone is 1. The van der Waals surface area contributed by atoms with Gasteiger partial charge >= 0.3 is 0 Å². The van der Waals surface area contributed by atoms with Gasteiger partial charge in [-0.2, -0.15) is 0 Å². The van der Waals surface area contributed by atoms with Crippen molar-refractivity contribution >= 4 is 27.3 Å². The number of rotatable bonds is 7. The van der Waals surface area contributed by atoms with E-state index in [9.17, 15) is 13.2 Å². The van der Waals surface area contributed by atoms with Crippen LogP contribution < -0.4 is 18.7 Å². The summed E-state index contributed by atoms with van der Waals surface area (Å²) in [6.07, 6.45) is 1.64. The van der Waals surface area contributed by atoms with Crippen molar-refractivity contribution in [2.45, 2.75) is 18.7 Å². The van der Waals surface area contributed by atoms with Crippen LogP contribution in [-0.2, 0) is 14.8 Å². The predicted molar refractivity (Wildman–Crippen MR) is 130 cm³/mol. The Bertz CT molecular complexity index is 1120. The van der Waals surface area contributed by atoms with E-state index in [0.717, 1.165) is 5.57 Å². The van der Waals surface area contributed by atoms with Gasteiger partial charge in [-0.25, -0.2) is 8.42 Å². The Balaban J connectivity index is 1.84. The second kappa shape index (κ2) is 10.2. The Morgan fingerprint density at radius 3 is 2.15 bits per heavy atom. The van der Waals surface area contributed by atoms with Crippen LogP contribution >= 0.6 is 0 Å². The van der Waals surface area contributed by atoms with E-state index in [4.69, 9.17) is 9.47 Å². The summed E-state index contributed by atoms with van der Waals surface area (Å²) in [5, 5.41) is 0. The Morgan fingerprint density at radius 2 is 1.61 bits per heavy atom. The van der Waals surface area contributed by atoms with Crippen molar-refractivity contribution in [2.24, 2.45) is 0 Å². The maximum Gasteiger partial charge on any atom is 0.264 e. The standard InChI is InChI=1S/C24H31N3O5S/c1-18(2)16-24(28)27-14-12-26(13-15-27)22-17-21(10-11-23(22)32-5)33(29,30)25(3)19-6-8-20(31-4)9-7-19/h6-11,16-17H,12-15H2,1-5H3. The third-order valence-electron chi connectivity index (χ3n) is 5.59. The Kier molecular flexibility index (Phi) is 7.53. The molecule has 178 valence electrons. The van der Waals surface area contributed by atoms with Crippen LogP contribution in [0.3, 0.4) is 0 Å². The number of nitrogens with zero attached hydrogens (tertiary/aromatic N) is 3. The van der Waals surface area contributed by atoms with E-state index in [2.05, 4.69) is 4.90 Å². The van der Waals surface area contributed by atoms with Crippen LogP contribution in [0.4, 0.5) is 11.4 Å². The number of carbonyl (C=O) groups excluding carboxylic acids is 1. The van der Waals surface area contributed by atoms with Gasteiger partial charge in [-0.15, -0.1) is 0 Å². The van der Waals surface area contributed by atoms with Crippen LogP contribution in [0, 0.1) is 0 Å². The third kappa shape index (κ3) is 5.42. The van der Waals surface area contributed by atoms with Gasteiger partial charge in [0.2, 0.25) is 5.91 Å². The molecule has 0 N–H and O–H groups in total. The maximum atomic E-state index is 13.3. The lowest BCUT2D eigenvalue weighted by Gasteiger charge is -2.36. The molecule has 33 heavy (non-hydrogen) atoms. The van der Waals surface area contributed by atoms with Crippen LogP contribution in [0.25, 0.3) is 0 Å². The van der Waals surface area contributed by atoms with E-state index in [1.54, 1.807) is 67.7 Å². The zero-order chi connectivity index (χ0) is 24.2. The van der Waals surface area contributed by atoms with Gasteiger partial charge in [-0.1, -0.05) is 5.57 Å². The molecule has 0 saturated carbocycles. The number of amides is 1. The summed E-state index contributed by atoms with van der Waals surface area (Å²) >= 11 is 0. The average molecular weight is 474 g/mol. The van der Waals surface area contributed by atoms with Gasteiger partial charge < -0.3 is 19.3 Å². The largest absolute Gasteiger partial charge is 0.497 e. The Hall–Kier alpha value is -3.20. The topological polar surface area (TPSA) is 79.4 Å². The van der Waals surface area contributed by atoms with Crippen molar-refractivity contribution < 1.29 is 22.7 Å². The second-order valence-electron chi connectivity index (χ2n) is 8.04. The van der Waals surface area contributed by atoms with E-state index >= 15 is 0 Å². The average Bonchev–Trinajstić information content (AvgIpc) is 2.82. The van der Waals surface area contributed by atoms with Crippen LogP contribution in [-0.4, -0.2) is 66.7 Å². The molecule has 1 amide bonds. The molecule has 1 fully saturated rings. The van der Waals surface area contributed by atoms with Gasteiger partial charge in [-0.3, -0.25) is 9.10 Å². The van der Waals surface area contributed by atoms with Crippen LogP contribution in [0.15, 0.2) is 59.0 Å². The highest BCUT2D eigenvalue weighted by atomic mass is 32.2. The van der Waals surface area contributed by atoms with Gasteiger partial charge in [0.1, 0.15) is 11.5 Å². The van der Waals surface area contributed by atoms with Gasteiger partial charge in [0.15, 0.2) is 0 Å². The van der Waals surface area contributed by atoms with Crippen molar-refractivity contribution in [3.05, 3.63) is 54.1 Å². The minimum atomic E-state index is -3.80. The summed E-state index contributed by atoms with van der Waals surface area (Å²) in [6, 6.07) is 11.7. The van der Waals surface area contributed by atoms with Gasteiger partial charge in [0.25, 0.3) is 10.0 Å². The van der Waals surface area contributed by atoms with Crippen LogP contribution in [0.5, 0.6) is 11.5 Å². The molecule has 1 saturated heterocycles. The molecule has 2 aromatic carbocycles. The Morgan fingerprint density at radius 1 is 0.970 bits per heavy atom. The smallest absolute Gasteiger partial charge is 0.264 e. The number of carbonyl (C=O) groups is 1. The molecule has 0 atom stereocenters. The first-order valence-electron chi connectivity index (χ1n) is 10.7. The van der Waals surface area contributed by atoms with E-state index in [0.29, 0.717) is 49.1 Å². The molecule has 3 rings (SSSR count). The molecular formula is C24H31N3O5S. The van der Waals surface area contributed by atoms with E-state index in [1.807, 2.05) is 13.8 Å². The first-order valence-corrected chi connectivity index (χ1v) is 12.1. The van der Waals surface area contributed by atoms with Gasteiger partial charge in [0, 0.05) is 39.3 Å². The summed E-state index contributed by atoms with van der Waals surface area (Å²) in [7, 11) is 0.847. The van der Waals surface area contributed by atoms with Crippen molar-refractivity contribution in [3.63, 3.8) is 0 Å². The molecule has 1 heterocycles. The molecule has 8 nitrogen and oxygen atoms in total. The van der Waals surface area contributed by atoms with E-state index in [1.165, 1.54) is 11.4 Å². The van der Waals surface area contributed by atoms with E-state index in [-0.39, 0.29) is 10.8 Å². The lowest BCUT2D eigenvalue weighted by molar-refractivity contribution is -0.126. The van der Waals surface area contributed by atoms with Crippen LogP contribution in [0.2, 0.25) is 0 Å². The molecule has 1 aliphatic heterocycles. The number of methoxy groups -OCH3 is 2. The fourth-order valence-electron chi connectivity index (χ4n) is 3.67. The molecule has 2 aromatic rings. The summed E-state index contributed by atoms with van der Waals surface area (Å²) in [6.45, 7) is 6.05. The van der Waals surface area contributed by atoms with Gasteiger partial charge in [-0.05, 0) is 56.3 Å². The molecule has 0 unspecified atom stereocenters. The van der Waals surface area contributed by atoms with Crippen molar-refractivity contribution in [1.29, 1.82) is 0 Å². The number of hydrogen-bond acceptors (Lipinski definition) is 6. The molecule has 1 aliphatic rings. The normalized spacial score (nSPS) is 14.0. The molecule has 0 bridgehead atoms. The molecule has 0 aromatic heterocycles. The fourth-order valence-corrected chi connectivity index (χ4v) is 4.89. The summed E-state index contributed by atoms with van der Waals surface area (Å²) in [5.41, 5.74) is 2.18. The van der Waals surface area contributed by atoms with Crippen LogP contribution in [0.1, 0.15) is 13.8 Å². The number of hydrogen-bond donors (Lipinski definition) is 0. The first-order chi connectivity index (χ1) is 15.7. The minimum absolute atomic E-state index is 0.000870. The zero-order valence-corrected chi connectivity index (χ0v) is 20.6. The minimum Gasteiger partial charge on any atom is -0.497 e. The molecular weight excluding hydrogens is 442 g/mol. The molecule has 9 heteroatoms. The zero-order valence-electron chi connectivity index (χ0n) is 19.7. The maximum absolute atomic E-state index is 13.3. The summed E-state index contributed by atoms with van der Waals surface area (Å²) in [4.78, 5) is 16.3. The van der Waals surface area contributed by atoms with Crippen molar-refractivity contribution in [2.75, 3.05) is 56.7 Å². The van der Waals surface area contributed by atoms with E-state index < -0.39 is 10.0 Å². The molecule has 0 aliphatic carbocycles.